The van der Waals surface area contributed by atoms with Gasteiger partial charge in [0.1, 0.15) is 6.10 Å². The number of fused-ring (bicyclic) bond motifs is 1. The number of esters is 2. The fourth-order valence-corrected chi connectivity index (χ4v) is 7.16. The van der Waals surface area contributed by atoms with E-state index in [0.717, 1.165) is 45.1 Å². The Kier molecular flexibility index (Phi) is 7.52. The zero-order valence-corrected chi connectivity index (χ0v) is 20.0. The van der Waals surface area contributed by atoms with E-state index < -0.39 is 0 Å². The largest absolute Gasteiger partial charge is 0.466 e. The van der Waals surface area contributed by atoms with Crippen LogP contribution in [0.1, 0.15) is 72.6 Å². The molecule has 6 heteroatoms. The first kappa shape index (κ1) is 24.2. The van der Waals surface area contributed by atoms with Crippen LogP contribution in [0.15, 0.2) is 12.2 Å². The van der Waals surface area contributed by atoms with Crippen molar-refractivity contribution in [1.29, 1.82) is 0 Å². The number of rotatable bonds is 7. The summed E-state index contributed by atoms with van der Waals surface area (Å²) in [6.07, 6.45) is 7.07. The fourth-order valence-electron chi connectivity index (χ4n) is 7.16. The van der Waals surface area contributed by atoms with Crippen LogP contribution in [0.25, 0.3) is 0 Å². The molecule has 6 nitrogen and oxygen atoms in total. The van der Waals surface area contributed by atoms with Gasteiger partial charge in [0.05, 0.1) is 13.7 Å². The number of hydroxylamine groups is 1. The van der Waals surface area contributed by atoms with Gasteiger partial charge < -0.3 is 14.3 Å². The number of nitrogens with one attached hydrogen (secondary N) is 1. The fraction of sp³-hybridized carbons (Fsp3) is 0.840. The van der Waals surface area contributed by atoms with Crippen molar-refractivity contribution in [2.24, 2.45) is 34.5 Å². The normalized spacial score (nSPS) is 40.3. The molecule has 0 aromatic heterocycles. The first-order valence-electron chi connectivity index (χ1n) is 11.9. The van der Waals surface area contributed by atoms with Crippen LogP contribution in [0.4, 0.5) is 0 Å². The van der Waals surface area contributed by atoms with Crippen LogP contribution in [0.3, 0.4) is 0 Å². The molecule has 176 valence electrons. The number of allylic oxidation sites excluding steroid dienone is 1. The summed E-state index contributed by atoms with van der Waals surface area (Å²) in [6, 6.07) is 0. The molecule has 1 N–H and O–H groups in total. The smallest absolute Gasteiger partial charge is 0.302 e. The Labute approximate surface area is 187 Å². The Balaban J connectivity index is 1.88. The number of ether oxygens (including phenoxy) is 2. The molecule has 0 spiro atoms. The van der Waals surface area contributed by atoms with Gasteiger partial charge in [0.15, 0.2) is 0 Å². The lowest BCUT2D eigenvalue weighted by Crippen LogP contribution is -2.53. The van der Waals surface area contributed by atoms with Crippen molar-refractivity contribution in [2.75, 3.05) is 20.3 Å². The molecule has 0 aliphatic heterocycles. The van der Waals surface area contributed by atoms with E-state index in [9.17, 15) is 9.59 Å². The molecule has 0 aromatic rings. The van der Waals surface area contributed by atoms with Crippen LogP contribution in [0.2, 0.25) is 0 Å². The maximum Gasteiger partial charge on any atom is 0.302 e. The summed E-state index contributed by atoms with van der Waals surface area (Å²) in [4.78, 5) is 28.5. The van der Waals surface area contributed by atoms with E-state index >= 15 is 0 Å². The van der Waals surface area contributed by atoms with Gasteiger partial charge in [-0.15, -0.1) is 0 Å². The van der Waals surface area contributed by atoms with E-state index in [1.54, 1.807) is 7.11 Å². The van der Waals surface area contributed by atoms with Crippen molar-refractivity contribution in [2.45, 2.75) is 78.7 Å². The van der Waals surface area contributed by atoms with Crippen molar-refractivity contribution in [1.82, 2.24) is 5.48 Å². The summed E-state index contributed by atoms with van der Waals surface area (Å²) in [5, 5.41) is 0. The molecule has 0 heterocycles. The van der Waals surface area contributed by atoms with Gasteiger partial charge in [0, 0.05) is 26.3 Å². The predicted octanol–water partition coefficient (Wildman–Crippen LogP) is 4.44. The van der Waals surface area contributed by atoms with Crippen LogP contribution in [0, 0.1) is 34.5 Å². The summed E-state index contributed by atoms with van der Waals surface area (Å²) in [5.74, 6) is 1.21. The monoisotopic (exact) mass is 435 g/mol. The summed E-state index contributed by atoms with van der Waals surface area (Å²) in [5.41, 5.74) is 4.78. The standard InChI is InChI=1S/C25H41NO5/c1-16-7-8-22-21(14-26-29-6)23(10-12-24(16,22)4)25(5)11-9-20(31-18(3)28)13-19(25)15-30-17(2)27/h19-23,26H,1,7-15H2,2-6H3/t19-,20+,21+,22+,23+,24-,25+/m1/s1. The molecule has 0 amide bonds. The van der Waals surface area contributed by atoms with Crippen molar-refractivity contribution in [3.8, 4) is 0 Å². The van der Waals surface area contributed by atoms with Crippen LogP contribution in [-0.4, -0.2) is 38.3 Å². The average Bonchev–Trinajstić information content (AvgIpc) is 3.01. The second-order valence-corrected chi connectivity index (χ2v) is 10.5. The highest BCUT2D eigenvalue weighted by Crippen LogP contribution is 2.63. The van der Waals surface area contributed by atoms with E-state index in [0.29, 0.717) is 24.4 Å². The molecule has 3 aliphatic rings. The molecule has 0 bridgehead atoms. The topological polar surface area (TPSA) is 73.9 Å². The zero-order chi connectivity index (χ0) is 22.8. The maximum absolute atomic E-state index is 11.6. The van der Waals surface area contributed by atoms with E-state index in [-0.39, 0.29) is 34.8 Å². The maximum atomic E-state index is 11.6. The molecule has 3 fully saturated rings. The Bertz CT molecular complexity index is 693. The highest BCUT2D eigenvalue weighted by atomic mass is 16.6. The molecular weight excluding hydrogens is 394 g/mol. The van der Waals surface area contributed by atoms with E-state index in [1.165, 1.54) is 25.8 Å². The minimum absolute atomic E-state index is 0.0113. The minimum Gasteiger partial charge on any atom is -0.466 e. The van der Waals surface area contributed by atoms with Gasteiger partial charge in [-0.05, 0) is 73.5 Å². The van der Waals surface area contributed by atoms with Crippen molar-refractivity contribution in [3.63, 3.8) is 0 Å². The Morgan fingerprint density at radius 3 is 2.48 bits per heavy atom. The summed E-state index contributed by atoms with van der Waals surface area (Å²) in [6.45, 7) is 13.3. The number of hydrogen-bond donors (Lipinski definition) is 1. The first-order chi connectivity index (χ1) is 14.6. The second kappa shape index (κ2) is 9.62. The first-order valence-corrected chi connectivity index (χ1v) is 11.9. The molecule has 0 unspecified atom stereocenters. The van der Waals surface area contributed by atoms with Gasteiger partial charge in [-0.2, -0.15) is 0 Å². The van der Waals surface area contributed by atoms with Gasteiger partial charge in [-0.25, -0.2) is 5.48 Å². The third-order valence-electron chi connectivity index (χ3n) is 9.01. The number of carbonyl (C=O) groups excluding carboxylic acids is 2. The average molecular weight is 436 g/mol. The Hall–Kier alpha value is -1.40. The Morgan fingerprint density at radius 1 is 1.10 bits per heavy atom. The lowest BCUT2D eigenvalue weighted by molar-refractivity contribution is -0.161. The molecule has 0 radical (unpaired) electrons. The van der Waals surface area contributed by atoms with Crippen LogP contribution >= 0.6 is 0 Å². The van der Waals surface area contributed by atoms with Gasteiger partial charge in [0.2, 0.25) is 0 Å². The zero-order valence-electron chi connectivity index (χ0n) is 20.0. The van der Waals surface area contributed by atoms with Gasteiger partial charge in [-0.1, -0.05) is 26.0 Å². The van der Waals surface area contributed by atoms with Crippen molar-refractivity contribution in [3.05, 3.63) is 12.2 Å². The molecule has 7 atom stereocenters. The summed E-state index contributed by atoms with van der Waals surface area (Å²) >= 11 is 0. The lowest BCUT2D eigenvalue weighted by atomic mass is 9.49. The van der Waals surface area contributed by atoms with Gasteiger partial charge in [0.25, 0.3) is 0 Å². The molecule has 0 aromatic carbocycles. The molecule has 3 aliphatic carbocycles. The minimum atomic E-state index is -0.252. The molecular formula is C25H41NO5. The van der Waals surface area contributed by atoms with Gasteiger partial charge in [-0.3, -0.25) is 9.59 Å². The van der Waals surface area contributed by atoms with E-state index in [2.05, 4.69) is 25.9 Å². The molecule has 3 saturated carbocycles. The van der Waals surface area contributed by atoms with Crippen LogP contribution < -0.4 is 5.48 Å². The number of hydrogen-bond acceptors (Lipinski definition) is 6. The van der Waals surface area contributed by atoms with Crippen LogP contribution in [0.5, 0.6) is 0 Å². The van der Waals surface area contributed by atoms with Crippen LogP contribution in [-0.2, 0) is 23.9 Å². The lowest BCUT2D eigenvalue weighted by Gasteiger charge is -2.56. The summed E-state index contributed by atoms with van der Waals surface area (Å²) < 4.78 is 11.1. The third kappa shape index (κ3) is 4.85. The second-order valence-electron chi connectivity index (χ2n) is 10.5. The quantitative estimate of drug-likeness (QED) is 0.362. The number of carbonyl (C=O) groups is 2. The molecule has 0 saturated heterocycles. The van der Waals surface area contributed by atoms with E-state index in [1.807, 2.05) is 0 Å². The Morgan fingerprint density at radius 2 is 1.84 bits per heavy atom. The predicted molar refractivity (Wildman–Crippen MR) is 119 cm³/mol. The highest BCUT2D eigenvalue weighted by Gasteiger charge is 2.57. The van der Waals surface area contributed by atoms with E-state index in [4.69, 9.17) is 14.3 Å². The third-order valence-corrected chi connectivity index (χ3v) is 9.01. The summed E-state index contributed by atoms with van der Waals surface area (Å²) in [7, 11) is 1.68. The van der Waals surface area contributed by atoms with Crippen molar-refractivity contribution < 1.29 is 23.9 Å². The van der Waals surface area contributed by atoms with Gasteiger partial charge >= 0.3 is 11.9 Å². The van der Waals surface area contributed by atoms with Crippen molar-refractivity contribution >= 4 is 11.9 Å². The SMILES string of the molecule is C=C1CC[C@H]2[C@H](CNOC)[C@@H]([C@@]3(C)CC[C@H](OC(C)=O)C[C@@H]3COC(C)=O)CC[C@]12C. The molecule has 3 rings (SSSR count). The highest BCUT2D eigenvalue weighted by molar-refractivity contribution is 5.66. The molecule has 31 heavy (non-hydrogen) atoms.